The second-order valence-electron chi connectivity index (χ2n) is 4.80. The van der Waals surface area contributed by atoms with Gasteiger partial charge < -0.3 is 10.3 Å². The molecule has 3 rings (SSSR count). The monoisotopic (exact) mass is 260 g/mol. The van der Waals surface area contributed by atoms with Crippen LogP contribution in [0.3, 0.4) is 0 Å². The van der Waals surface area contributed by atoms with Gasteiger partial charge in [0, 0.05) is 28.7 Å². The fourth-order valence-electron chi connectivity index (χ4n) is 2.96. The van der Waals surface area contributed by atoms with E-state index in [1.807, 2.05) is 12.1 Å². The molecule has 1 heterocycles. The number of rotatable bonds is 3. The number of H-pyrrole nitrogens is 1. The highest BCUT2D eigenvalue weighted by Gasteiger charge is 2.24. The van der Waals surface area contributed by atoms with Gasteiger partial charge in [-0.2, -0.15) is 0 Å². The van der Waals surface area contributed by atoms with E-state index >= 15 is 0 Å². The number of aromatic amines is 1. The molecule has 0 spiro atoms. The fourth-order valence-corrected chi connectivity index (χ4v) is 3.17. The highest BCUT2D eigenvalue weighted by Crippen LogP contribution is 2.32. The minimum atomic E-state index is -0.142. The first-order chi connectivity index (χ1) is 8.70. The quantitative estimate of drug-likeness (QED) is 0.742. The van der Waals surface area contributed by atoms with E-state index in [4.69, 9.17) is 0 Å². The third kappa shape index (κ3) is 1.76. The molecule has 1 aromatic carbocycles. The van der Waals surface area contributed by atoms with Crippen LogP contribution in [0.1, 0.15) is 28.4 Å². The number of likely N-dealkylation sites (N-methyl/N-ethyl adjacent to an activating group) is 1. The summed E-state index contributed by atoms with van der Waals surface area (Å²) in [6.07, 6.45) is 3.98. The van der Waals surface area contributed by atoms with E-state index in [0.29, 0.717) is 6.04 Å². The standard InChI is InChI=1S/C14H16N2OS/c1-2-15-9-5-8-7-16-12-4-3-10(14(17)18)11(6-9)13(8)12/h3-4,7,9,15-16H,2,5-6H2,1H3,(H,17,18). The Morgan fingerprint density at radius 3 is 3.06 bits per heavy atom. The van der Waals surface area contributed by atoms with Crippen LogP contribution in [0.2, 0.25) is 0 Å². The minimum absolute atomic E-state index is 0.142. The van der Waals surface area contributed by atoms with Gasteiger partial charge in [0.2, 0.25) is 5.12 Å². The van der Waals surface area contributed by atoms with Gasteiger partial charge in [-0.3, -0.25) is 4.79 Å². The van der Waals surface area contributed by atoms with E-state index in [2.05, 4.69) is 36.1 Å². The Morgan fingerprint density at radius 1 is 1.50 bits per heavy atom. The summed E-state index contributed by atoms with van der Waals surface area (Å²) in [5.41, 5.74) is 4.30. The molecule has 1 aromatic heterocycles. The third-order valence-corrected chi connectivity index (χ3v) is 3.92. The molecular weight excluding hydrogens is 244 g/mol. The molecule has 0 fully saturated rings. The number of benzene rings is 1. The minimum Gasteiger partial charge on any atom is -0.361 e. The number of hydrogen-bond acceptors (Lipinski definition) is 2. The molecule has 0 saturated carbocycles. The van der Waals surface area contributed by atoms with Gasteiger partial charge in [0.25, 0.3) is 0 Å². The molecule has 18 heavy (non-hydrogen) atoms. The van der Waals surface area contributed by atoms with E-state index < -0.39 is 0 Å². The van der Waals surface area contributed by atoms with Crippen LogP contribution in [0.15, 0.2) is 18.3 Å². The molecule has 94 valence electrons. The highest BCUT2D eigenvalue weighted by molar-refractivity contribution is 7.97. The van der Waals surface area contributed by atoms with Gasteiger partial charge in [-0.25, -0.2) is 0 Å². The number of carbonyl (C=O) groups is 1. The van der Waals surface area contributed by atoms with E-state index in [1.54, 1.807) is 0 Å². The molecule has 3 nitrogen and oxygen atoms in total. The summed E-state index contributed by atoms with van der Waals surface area (Å²) in [5.74, 6) is 0. The number of thiol groups is 1. The molecule has 1 atom stereocenters. The van der Waals surface area contributed by atoms with Crippen LogP contribution in [0.4, 0.5) is 0 Å². The molecule has 4 heteroatoms. The maximum atomic E-state index is 11.6. The van der Waals surface area contributed by atoms with Crippen LogP contribution in [-0.2, 0) is 12.8 Å². The fraction of sp³-hybridized carbons (Fsp3) is 0.357. The Labute approximate surface area is 111 Å². The predicted octanol–water partition coefficient (Wildman–Crippen LogP) is 2.31. The van der Waals surface area contributed by atoms with Crippen LogP contribution in [0, 0.1) is 0 Å². The zero-order valence-corrected chi connectivity index (χ0v) is 11.2. The predicted molar refractivity (Wildman–Crippen MR) is 76.5 cm³/mol. The number of hydrogen-bond donors (Lipinski definition) is 3. The van der Waals surface area contributed by atoms with Crippen molar-refractivity contribution >= 4 is 28.6 Å². The summed E-state index contributed by atoms with van der Waals surface area (Å²) in [6.45, 7) is 3.06. The van der Waals surface area contributed by atoms with Crippen molar-refractivity contribution in [2.24, 2.45) is 0 Å². The SMILES string of the molecule is CCNC1Cc2c[nH]c3ccc(C(=O)S)c(c23)C1. The maximum absolute atomic E-state index is 11.6. The Balaban J connectivity index is 2.18. The first kappa shape index (κ1) is 11.8. The second kappa shape index (κ2) is 4.44. The van der Waals surface area contributed by atoms with Crippen LogP contribution in [0.25, 0.3) is 10.9 Å². The lowest BCUT2D eigenvalue weighted by Crippen LogP contribution is -2.35. The van der Waals surface area contributed by atoms with Crippen molar-refractivity contribution in [1.82, 2.24) is 10.3 Å². The Hall–Kier alpha value is -1.26. The molecule has 2 N–H and O–H groups in total. The van der Waals surface area contributed by atoms with Crippen molar-refractivity contribution in [2.45, 2.75) is 25.8 Å². The molecular formula is C14H16N2OS. The molecule has 0 saturated heterocycles. The molecule has 1 unspecified atom stereocenters. The normalized spacial score (nSPS) is 18.2. The Morgan fingerprint density at radius 2 is 2.33 bits per heavy atom. The van der Waals surface area contributed by atoms with Crippen LogP contribution >= 0.6 is 12.6 Å². The average molecular weight is 260 g/mol. The van der Waals surface area contributed by atoms with Crippen LogP contribution < -0.4 is 5.32 Å². The first-order valence-electron chi connectivity index (χ1n) is 6.29. The number of aromatic nitrogens is 1. The molecule has 1 aliphatic rings. The van der Waals surface area contributed by atoms with Crippen molar-refractivity contribution in [1.29, 1.82) is 0 Å². The highest BCUT2D eigenvalue weighted by atomic mass is 32.1. The molecule has 1 aliphatic carbocycles. The molecule has 0 bridgehead atoms. The maximum Gasteiger partial charge on any atom is 0.216 e. The number of nitrogens with one attached hydrogen (secondary N) is 2. The van der Waals surface area contributed by atoms with Gasteiger partial charge in [0.05, 0.1) is 0 Å². The van der Waals surface area contributed by atoms with E-state index in [1.165, 1.54) is 10.9 Å². The van der Waals surface area contributed by atoms with Gasteiger partial charge >= 0.3 is 0 Å². The van der Waals surface area contributed by atoms with Crippen molar-refractivity contribution in [2.75, 3.05) is 6.54 Å². The molecule has 0 radical (unpaired) electrons. The Bertz CT molecular complexity index is 618. The third-order valence-electron chi connectivity index (χ3n) is 3.68. The van der Waals surface area contributed by atoms with E-state index in [-0.39, 0.29) is 5.12 Å². The second-order valence-corrected chi connectivity index (χ2v) is 5.20. The van der Waals surface area contributed by atoms with Gasteiger partial charge in [0.15, 0.2) is 0 Å². The molecule has 2 aromatic rings. The van der Waals surface area contributed by atoms with Gasteiger partial charge in [-0.15, -0.1) is 12.6 Å². The van der Waals surface area contributed by atoms with Crippen molar-refractivity contribution < 1.29 is 4.79 Å². The lowest BCUT2D eigenvalue weighted by Gasteiger charge is -2.24. The van der Waals surface area contributed by atoms with Crippen molar-refractivity contribution in [3.05, 3.63) is 35.0 Å². The van der Waals surface area contributed by atoms with Gasteiger partial charge in [-0.1, -0.05) is 6.92 Å². The van der Waals surface area contributed by atoms with Crippen molar-refractivity contribution in [3.8, 4) is 0 Å². The van der Waals surface area contributed by atoms with Crippen molar-refractivity contribution in [3.63, 3.8) is 0 Å². The lowest BCUT2D eigenvalue weighted by molar-refractivity contribution is 0.109. The summed E-state index contributed by atoms with van der Waals surface area (Å²) in [6, 6.07) is 4.26. The number of carbonyl (C=O) groups excluding carboxylic acids is 1. The Kier molecular flexibility index (Phi) is 2.92. The zero-order chi connectivity index (χ0) is 12.7. The van der Waals surface area contributed by atoms with Crippen LogP contribution in [-0.4, -0.2) is 22.7 Å². The van der Waals surface area contributed by atoms with Crippen LogP contribution in [0.5, 0.6) is 0 Å². The van der Waals surface area contributed by atoms with Gasteiger partial charge in [0.1, 0.15) is 0 Å². The lowest BCUT2D eigenvalue weighted by atomic mass is 9.86. The van der Waals surface area contributed by atoms with Gasteiger partial charge in [-0.05, 0) is 42.6 Å². The topological polar surface area (TPSA) is 44.9 Å². The summed E-state index contributed by atoms with van der Waals surface area (Å²) in [4.78, 5) is 14.9. The zero-order valence-electron chi connectivity index (χ0n) is 10.3. The molecule has 0 amide bonds. The largest absolute Gasteiger partial charge is 0.361 e. The summed E-state index contributed by atoms with van der Waals surface area (Å²) in [7, 11) is 0. The van der Waals surface area contributed by atoms with E-state index in [0.717, 1.165) is 36.0 Å². The van der Waals surface area contributed by atoms with E-state index in [9.17, 15) is 4.79 Å². The summed E-state index contributed by atoms with van der Waals surface area (Å²) < 4.78 is 0. The summed E-state index contributed by atoms with van der Waals surface area (Å²) in [5, 5.41) is 4.56. The first-order valence-corrected chi connectivity index (χ1v) is 6.74. The molecule has 0 aliphatic heterocycles. The summed E-state index contributed by atoms with van der Waals surface area (Å²) >= 11 is 3.99. The average Bonchev–Trinajstić information content (AvgIpc) is 2.74. The smallest absolute Gasteiger partial charge is 0.216 e.